The Bertz CT molecular complexity index is 586. The molecule has 0 radical (unpaired) electrons. The Labute approximate surface area is 118 Å². The summed E-state index contributed by atoms with van der Waals surface area (Å²) in [7, 11) is 0.839. The van der Waals surface area contributed by atoms with Crippen LogP contribution < -0.4 is 11.1 Å². The minimum Gasteiger partial charge on any atom is -0.465 e. The first-order valence-electron chi connectivity index (χ1n) is 5.76. The molecule has 0 aromatic carbocycles. The number of nitrogens with two attached hydrogens (primary N) is 1. The van der Waals surface area contributed by atoms with Gasteiger partial charge in [-0.3, -0.25) is 0 Å². The molecule has 0 atom stereocenters. The van der Waals surface area contributed by atoms with Gasteiger partial charge in [-0.25, -0.2) is 22.5 Å². The molecule has 0 unspecified atom stereocenters. The molecule has 0 saturated heterocycles. The van der Waals surface area contributed by atoms with E-state index in [1.54, 1.807) is 0 Å². The number of sulfonamides is 1. The monoisotopic (exact) mass is 302 g/mol. The molecule has 8 nitrogen and oxygen atoms in total. The topological polar surface area (TPSA) is 115 Å². The van der Waals surface area contributed by atoms with Gasteiger partial charge in [-0.05, 0) is 6.07 Å². The van der Waals surface area contributed by atoms with Crippen LogP contribution in [0.2, 0.25) is 0 Å². The molecular weight excluding hydrogens is 284 g/mol. The Morgan fingerprint density at radius 2 is 2.15 bits per heavy atom. The highest BCUT2D eigenvalue weighted by Crippen LogP contribution is 2.16. The number of hydrogen-bond donors (Lipinski definition) is 2. The highest BCUT2D eigenvalue weighted by atomic mass is 32.2. The second-order valence-electron chi connectivity index (χ2n) is 4.18. The summed E-state index contributed by atoms with van der Waals surface area (Å²) in [5.74, 6) is -0.477. The fraction of sp³-hybridized carbons (Fsp3) is 0.455. The summed E-state index contributed by atoms with van der Waals surface area (Å²) in [5.41, 5.74) is 6.04. The molecule has 20 heavy (non-hydrogen) atoms. The van der Waals surface area contributed by atoms with Crippen LogP contribution in [0.4, 0.5) is 11.5 Å². The van der Waals surface area contributed by atoms with Crippen LogP contribution in [0.1, 0.15) is 10.4 Å². The predicted molar refractivity (Wildman–Crippen MR) is 76.0 cm³/mol. The maximum absolute atomic E-state index is 11.6. The van der Waals surface area contributed by atoms with E-state index < -0.39 is 16.0 Å². The highest BCUT2D eigenvalue weighted by molar-refractivity contribution is 7.89. The van der Waals surface area contributed by atoms with E-state index in [1.807, 2.05) is 0 Å². The second kappa shape index (κ2) is 6.53. The highest BCUT2D eigenvalue weighted by Gasteiger charge is 2.16. The standard InChI is InChI=1S/C11H18N4O4S/c1-15(2)20(17,18)5-4-13-10-9(11(16)19-3)6-8(12)7-14-10/h6-7H,4-5,12H2,1-3H3,(H,13,14). The molecule has 0 fully saturated rings. The van der Waals surface area contributed by atoms with Gasteiger partial charge in [-0.15, -0.1) is 0 Å². The van der Waals surface area contributed by atoms with Crippen molar-refractivity contribution in [2.45, 2.75) is 0 Å². The number of ether oxygens (including phenoxy) is 1. The first-order chi connectivity index (χ1) is 9.27. The summed E-state index contributed by atoms with van der Waals surface area (Å²) in [6, 6.07) is 1.42. The van der Waals surface area contributed by atoms with Crippen molar-refractivity contribution in [1.82, 2.24) is 9.29 Å². The Hall–Kier alpha value is -1.87. The Kier molecular flexibility index (Phi) is 5.28. The molecule has 1 aromatic heterocycles. The Morgan fingerprint density at radius 1 is 1.50 bits per heavy atom. The SMILES string of the molecule is COC(=O)c1cc(N)cnc1NCCS(=O)(=O)N(C)C. The third-order valence-electron chi connectivity index (χ3n) is 2.52. The molecule has 0 bridgehead atoms. The summed E-state index contributed by atoms with van der Waals surface area (Å²) in [6.45, 7) is 0.113. The lowest BCUT2D eigenvalue weighted by molar-refractivity contribution is 0.0601. The van der Waals surface area contributed by atoms with Crippen LogP contribution in [-0.4, -0.2) is 57.2 Å². The maximum Gasteiger partial charge on any atom is 0.341 e. The third kappa shape index (κ3) is 4.07. The second-order valence-corrected chi connectivity index (χ2v) is 6.48. The minimum atomic E-state index is -3.31. The number of methoxy groups -OCH3 is 1. The zero-order valence-electron chi connectivity index (χ0n) is 11.6. The number of pyridine rings is 1. The fourth-order valence-electron chi connectivity index (χ4n) is 1.37. The number of aromatic nitrogens is 1. The lowest BCUT2D eigenvalue weighted by Gasteiger charge is -2.13. The van der Waals surface area contributed by atoms with E-state index in [4.69, 9.17) is 5.73 Å². The number of anilines is 2. The smallest absolute Gasteiger partial charge is 0.341 e. The summed E-state index contributed by atoms with van der Waals surface area (Å²) in [6.07, 6.45) is 1.37. The molecule has 0 spiro atoms. The van der Waals surface area contributed by atoms with E-state index >= 15 is 0 Å². The first kappa shape index (κ1) is 16.2. The van der Waals surface area contributed by atoms with E-state index in [-0.39, 0.29) is 23.7 Å². The van der Waals surface area contributed by atoms with Crippen molar-refractivity contribution in [2.24, 2.45) is 0 Å². The zero-order chi connectivity index (χ0) is 15.3. The lowest BCUT2D eigenvalue weighted by Crippen LogP contribution is -2.28. The van der Waals surface area contributed by atoms with Gasteiger partial charge in [0.05, 0.1) is 24.7 Å². The van der Waals surface area contributed by atoms with E-state index in [0.29, 0.717) is 5.69 Å². The molecule has 1 heterocycles. The molecular formula is C11H18N4O4S. The molecule has 0 amide bonds. The van der Waals surface area contributed by atoms with Gasteiger partial charge in [0.15, 0.2) is 0 Å². The van der Waals surface area contributed by atoms with Crippen LogP contribution in [-0.2, 0) is 14.8 Å². The number of hydrogen-bond acceptors (Lipinski definition) is 7. The number of nitrogens with one attached hydrogen (secondary N) is 1. The Morgan fingerprint density at radius 3 is 2.70 bits per heavy atom. The molecule has 112 valence electrons. The minimum absolute atomic E-state index is 0.113. The normalized spacial score (nSPS) is 11.4. The number of nitrogens with zero attached hydrogens (tertiary/aromatic N) is 2. The summed E-state index contributed by atoms with van der Waals surface area (Å²) < 4.78 is 29.0. The molecule has 0 aliphatic heterocycles. The van der Waals surface area contributed by atoms with Gasteiger partial charge in [0.25, 0.3) is 0 Å². The summed E-state index contributed by atoms with van der Waals surface area (Å²) in [4.78, 5) is 15.5. The molecule has 0 aliphatic rings. The van der Waals surface area contributed by atoms with Crippen LogP contribution >= 0.6 is 0 Å². The van der Waals surface area contributed by atoms with E-state index in [1.165, 1.54) is 33.5 Å². The Balaban J connectivity index is 2.81. The van der Waals surface area contributed by atoms with E-state index in [9.17, 15) is 13.2 Å². The molecule has 9 heteroatoms. The number of carbonyl (C=O) groups is 1. The number of rotatable bonds is 6. The van der Waals surface area contributed by atoms with Gasteiger partial charge < -0.3 is 15.8 Å². The summed E-state index contributed by atoms with van der Waals surface area (Å²) in [5, 5.41) is 2.79. The van der Waals surface area contributed by atoms with Crippen molar-refractivity contribution in [2.75, 3.05) is 44.6 Å². The van der Waals surface area contributed by atoms with Gasteiger partial charge in [0.2, 0.25) is 10.0 Å². The lowest BCUT2D eigenvalue weighted by atomic mass is 10.2. The first-order valence-corrected chi connectivity index (χ1v) is 7.36. The van der Waals surface area contributed by atoms with Gasteiger partial charge >= 0.3 is 5.97 Å². The van der Waals surface area contributed by atoms with E-state index in [0.717, 1.165) is 4.31 Å². The van der Waals surface area contributed by atoms with Crippen molar-refractivity contribution in [1.29, 1.82) is 0 Å². The van der Waals surface area contributed by atoms with Crippen LogP contribution in [0.5, 0.6) is 0 Å². The van der Waals surface area contributed by atoms with Crippen LogP contribution in [0.3, 0.4) is 0 Å². The average molecular weight is 302 g/mol. The van der Waals surface area contributed by atoms with Crippen LogP contribution in [0, 0.1) is 0 Å². The van der Waals surface area contributed by atoms with Crippen LogP contribution in [0.15, 0.2) is 12.3 Å². The van der Waals surface area contributed by atoms with Gasteiger partial charge in [-0.2, -0.15) is 0 Å². The van der Waals surface area contributed by atoms with Crippen molar-refractivity contribution in [3.63, 3.8) is 0 Å². The molecule has 1 rings (SSSR count). The quantitative estimate of drug-likeness (QED) is 0.696. The van der Waals surface area contributed by atoms with Crippen molar-refractivity contribution in [3.05, 3.63) is 17.8 Å². The van der Waals surface area contributed by atoms with Gasteiger partial charge in [-0.1, -0.05) is 0 Å². The molecule has 0 aliphatic carbocycles. The predicted octanol–water partition coefficient (Wildman–Crippen LogP) is -0.246. The van der Waals surface area contributed by atoms with Crippen molar-refractivity contribution >= 4 is 27.5 Å². The largest absolute Gasteiger partial charge is 0.465 e. The maximum atomic E-state index is 11.6. The van der Waals surface area contributed by atoms with E-state index in [2.05, 4.69) is 15.0 Å². The molecule has 0 saturated carbocycles. The number of esters is 1. The zero-order valence-corrected chi connectivity index (χ0v) is 12.4. The van der Waals surface area contributed by atoms with Gasteiger partial charge in [0, 0.05) is 20.6 Å². The summed E-state index contributed by atoms with van der Waals surface area (Å²) >= 11 is 0. The molecule has 1 aromatic rings. The van der Waals surface area contributed by atoms with Gasteiger partial charge in [0.1, 0.15) is 11.4 Å². The number of nitrogen functional groups attached to an aromatic ring is 1. The van der Waals surface area contributed by atoms with Crippen LogP contribution in [0.25, 0.3) is 0 Å². The molecule has 3 N–H and O–H groups in total. The fourth-order valence-corrected chi connectivity index (χ4v) is 2.09. The third-order valence-corrected chi connectivity index (χ3v) is 4.36. The number of carbonyl (C=O) groups excluding carboxylic acids is 1. The average Bonchev–Trinajstić information content (AvgIpc) is 2.39. The van der Waals surface area contributed by atoms with Crippen molar-refractivity contribution in [3.8, 4) is 0 Å². The van der Waals surface area contributed by atoms with Crippen molar-refractivity contribution < 1.29 is 17.9 Å².